The van der Waals surface area contributed by atoms with Crippen molar-refractivity contribution in [2.24, 2.45) is 11.3 Å². The summed E-state index contributed by atoms with van der Waals surface area (Å²) in [5.74, 6) is 0.108. The second-order valence-corrected chi connectivity index (χ2v) is 7.61. The Hall–Kier alpha value is -2.40. The lowest BCUT2D eigenvalue weighted by Gasteiger charge is -2.17. The van der Waals surface area contributed by atoms with Crippen molar-refractivity contribution in [1.29, 1.82) is 0 Å². The maximum absolute atomic E-state index is 12.6. The maximum Gasteiger partial charge on any atom is 0.253 e. The standard InChI is InChI=1S/C20H20ClN3O2/c21-16-3-1-15(2-4-16)19(26)24-10-7-20(13-24)11-17(20)18(25)23-12-14-5-8-22-9-6-14/h1-6,8-9,17H,7,10-13H2,(H,23,25)/t17-,20-/m1/s1. The van der Waals surface area contributed by atoms with Crippen LogP contribution < -0.4 is 5.32 Å². The molecule has 1 spiro atoms. The summed E-state index contributed by atoms with van der Waals surface area (Å²) in [6, 6.07) is 10.7. The van der Waals surface area contributed by atoms with Crippen molar-refractivity contribution in [3.8, 4) is 0 Å². The molecule has 1 aliphatic carbocycles. The van der Waals surface area contributed by atoms with E-state index in [0.29, 0.717) is 30.2 Å². The van der Waals surface area contributed by atoms with E-state index in [4.69, 9.17) is 11.6 Å². The van der Waals surface area contributed by atoms with E-state index in [1.165, 1.54) is 0 Å². The third-order valence-corrected chi connectivity index (χ3v) is 5.74. The number of rotatable bonds is 4. The van der Waals surface area contributed by atoms with Crippen LogP contribution in [0.2, 0.25) is 5.02 Å². The van der Waals surface area contributed by atoms with Crippen molar-refractivity contribution < 1.29 is 9.59 Å². The van der Waals surface area contributed by atoms with Crippen LogP contribution >= 0.6 is 11.6 Å². The minimum atomic E-state index is -0.0373. The van der Waals surface area contributed by atoms with Gasteiger partial charge in [-0.25, -0.2) is 0 Å². The summed E-state index contributed by atoms with van der Waals surface area (Å²) in [6.07, 6.45) is 5.19. The third kappa shape index (κ3) is 3.31. The van der Waals surface area contributed by atoms with E-state index >= 15 is 0 Å². The Morgan fingerprint density at radius 2 is 1.92 bits per heavy atom. The normalized spacial score (nSPS) is 23.9. The largest absolute Gasteiger partial charge is 0.352 e. The van der Waals surface area contributed by atoms with Crippen LogP contribution in [0.1, 0.15) is 28.8 Å². The fourth-order valence-corrected chi connectivity index (χ4v) is 3.95. The molecule has 1 saturated heterocycles. The van der Waals surface area contributed by atoms with Crippen molar-refractivity contribution in [1.82, 2.24) is 15.2 Å². The van der Waals surface area contributed by atoms with Crippen molar-refractivity contribution in [2.75, 3.05) is 13.1 Å². The summed E-state index contributed by atoms with van der Waals surface area (Å²) in [6.45, 7) is 1.87. The molecule has 2 aromatic rings. The highest BCUT2D eigenvalue weighted by molar-refractivity contribution is 6.30. The number of halogens is 1. The Balaban J connectivity index is 1.33. The highest BCUT2D eigenvalue weighted by atomic mass is 35.5. The number of aromatic nitrogens is 1. The van der Waals surface area contributed by atoms with Gasteiger partial charge in [0.25, 0.3) is 5.91 Å². The van der Waals surface area contributed by atoms with Gasteiger partial charge in [0.05, 0.1) is 0 Å². The fraction of sp³-hybridized carbons (Fsp3) is 0.350. The minimum absolute atomic E-state index is 0.00681. The van der Waals surface area contributed by atoms with E-state index in [2.05, 4.69) is 10.3 Å². The first-order valence-corrected chi connectivity index (χ1v) is 9.17. The Morgan fingerprint density at radius 1 is 1.19 bits per heavy atom. The highest BCUT2D eigenvalue weighted by Gasteiger charge is 2.61. The number of likely N-dealkylation sites (tertiary alicyclic amines) is 1. The topological polar surface area (TPSA) is 62.3 Å². The Kier molecular flexibility index (Phi) is 4.41. The molecule has 2 aliphatic rings. The number of hydrogen-bond donors (Lipinski definition) is 1. The molecule has 1 aromatic heterocycles. The smallest absolute Gasteiger partial charge is 0.253 e. The number of nitrogens with zero attached hydrogens (tertiary/aromatic N) is 2. The second-order valence-electron chi connectivity index (χ2n) is 7.18. The van der Waals surface area contributed by atoms with Crippen LogP contribution in [0.5, 0.6) is 0 Å². The van der Waals surface area contributed by atoms with Gasteiger partial charge in [-0.05, 0) is 54.8 Å². The first kappa shape index (κ1) is 17.0. The molecule has 26 heavy (non-hydrogen) atoms. The lowest BCUT2D eigenvalue weighted by Crippen LogP contribution is -2.31. The molecule has 134 valence electrons. The van der Waals surface area contributed by atoms with Crippen LogP contribution in [0.4, 0.5) is 0 Å². The van der Waals surface area contributed by atoms with Gasteiger partial charge in [0.1, 0.15) is 0 Å². The van der Waals surface area contributed by atoms with E-state index < -0.39 is 0 Å². The van der Waals surface area contributed by atoms with Crippen LogP contribution in [0, 0.1) is 11.3 Å². The van der Waals surface area contributed by atoms with Crippen LogP contribution in [0.15, 0.2) is 48.8 Å². The van der Waals surface area contributed by atoms with Gasteiger partial charge in [-0.1, -0.05) is 11.6 Å². The van der Waals surface area contributed by atoms with E-state index in [1.54, 1.807) is 36.7 Å². The first-order valence-electron chi connectivity index (χ1n) is 8.79. The number of carbonyl (C=O) groups is 2. The molecule has 2 heterocycles. The SMILES string of the molecule is O=C(NCc1ccncc1)[C@H]1C[C@@]12CCN(C(=O)c1ccc(Cl)cc1)C2. The predicted octanol–water partition coefficient (Wildman–Crippen LogP) is 2.90. The molecule has 2 atom stereocenters. The molecule has 1 aromatic carbocycles. The minimum Gasteiger partial charge on any atom is -0.352 e. The number of hydrogen-bond acceptors (Lipinski definition) is 3. The molecule has 2 fully saturated rings. The molecular formula is C20H20ClN3O2. The molecule has 5 nitrogen and oxygen atoms in total. The van der Waals surface area contributed by atoms with Crippen LogP contribution in [0.25, 0.3) is 0 Å². The maximum atomic E-state index is 12.6. The van der Waals surface area contributed by atoms with Crippen molar-refractivity contribution >= 4 is 23.4 Å². The highest BCUT2D eigenvalue weighted by Crippen LogP contribution is 2.58. The molecule has 0 bridgehead atoms. The zero-order valence-corrected chi connectivity index (χ0v) is 15.1. The summed E-state index contributed by atoms with van der Waals surface area (Å²) >= 11 is 5.89. The Morgan fingerprint density at radius 3 is 2.65 bits per heavy atom. The van der Waals surface area contributed by atoms with Crippen molar-refractivity contribution in [2.45, 2.75) is 19.4 Å². The fourth-order valence-electron chi connectivity index (χ4n) is 3.83. The molecule has 1 aliphatic heterocycles. The van der Waals surface area contributed by atoms with Gasteiger partial charge in [-0.15, -0.1) is 0 Å². The van der Waals surface area contributed by atoms with Crippen molar-refractivity contribution in [3.63, 3.8) is 0 Å². The van der Waals surface area contributed by atoms with Gasteiger partial charge >= 0.3 is 0 Å². The van der Waals surface area contributed by atoms with E-state index in [1.807, 2.05) is 17.0 Å². The lowest BCUT2D eigenvalue weighted by atomic mass is 10.0. The summed E-state index contributed by atoms with van der Waals surface area (Å²) in [5.41, 5.74) is 1.64. The lowest BCUT2D eigenvalue weighted by molar-refractivity contribution is -0.123. The van der Waals surface area contributed by atoms with Gasteiger partial charge in [-0.2, -0.15) is 0 Å². The quantitative estimate of drug-likeness (QED) is 0.901. The number of benzene rings is 1. The van der Waals surface area contributed by atoms with Crippen LogP contribution in [0.3, 0.4) is 0 Å². The van der Waals surface area contributed by atoms with Crippen LogP contribution in [-0.4, -0.2) is 34.8 Å². The molecule has 4 rings (SSSR count). The Bertz CT molecular complexity index is 825. The van der Waals surface area contributed by atoms with Crippen LogP contribution in [-0.2, 0) is 11.3 Å². The molecule has 1 saturated carbocycles. The number of nitrogens with one attached hydrogen (secondary N) is 1. The zero-order valence-electron chi connectivity index (χ0n) is 14.3. The van der Waals surface area contributed by atoms with Gasteiger partial charge in [-0.3, -0.25) is 14.6 Å². The van der Waals surface area contributed by atoms with Gasteiger partial charge < -0.3 is 10.2 Å². The van der Waals surface area contributed by atoms with Gasteiger partial charge in [0, 0.05) is 53.9 Å². The second kappa shape index (κ2) is 6.72. The summed E-state index contributed by atoms with van der Waals surface area (Å²) in [5, 5.41) is 3.63. The number of amides is 2. The summed E-state index contributed by atoms with van der Waals surface area (Å²) in [7, 11) is 0. The summed E-state index contributed by atoms with van der Waals surface area (Å²) < 4.78 is 0. The number of pyridine rings is 1. The third-order valence-electron chi connectivity index (χ3n) is 5.49. The first-order chi connectivity index (χ1) is 12.6. The monoisotopic (exact) mass is 369 g/mol. The average molecular weight is 370 g/mol. The predicted molar refractivity (Wildman–Crippen MR) is 98.6 cm³/mol. The average Bonchev–Trinajstić information content (AvgIpc) is 3.20. The van der Waals surface area contributed by atoms with E-state index in [9.17, 15) is 9.59 Å². The molecule has 0 radical (unpaired) electrons. The molecule has 1 N–H and O–H groups in total. The zero-order chi connectivity index (χ0) is 18.1. The van der Waals surface area contributed by atoms with E-state index in [-0.39, 0.29) is 23.1 Å². The van der Waals surface area contributed by atoms with Gasteiger partial charge in [0.15, 0.2) is 0 Å². The van der Waals surface area contributed by atoms with Crippen molar-refractivity contribution in [3.05, 3.63) is 64.9 Å². The molecule has 2 amide bonds. The van der Waals surface area contributed by atoms with E-state index in [0.717, 1.165) is 18.4 Å². The molecular weight excluding hydrogens is 350 g/mol. The summed E-state index contributed by atoms with van der Waals surface area (Å²) in [4.78, 5) is 31.0. The van der Waals surface area contributed by atoms with Gasteiger partial charge in [0.2, 0.25) is 5.91 Å². The number of carbonyl (C=O) groups excluding carboxylic acids is 2. The molecule has 6 heteroatoms. The molecule has 0 unspecified atom stereocenters. The Labute approximate surface area is 157 Å².